The van der Waals surface area contributed by atoms with Crippen LogP contribution in [-0.4, -0.2) is 20.1 Å². The molecule has 1 aromatic rings. The topological polar surface area (TPSA) is 29.3 Å². The highest BCUT2D eigenvalue weighted by Gasteiger charge is 2.15. The fourth-order valence-electron chi connectivity index (χ4n) is 2.20. The highest BCUT2D eigenvalue weighted by Crippen LogP contribution is 2.28. The molecule has 19 heavy (non-hydrogen) atoms. The zero-order chi connectivity index (χ0) is 14.6. The number of aryl methyl sites for hydroxylation is 1. The van der Waals surface area contributed by atoms with Crippen molar-refractivity contribution in [1.82, 2.24) is 0 Å². The number of anilines is 1. The van der Waals surface area contributed by atoms with Gasteiger partial charge in [0.05, 0.1) is 0 Å². The predicted octanol–water partition coefficient (Wildman–Crippen LogP) is 3.71. The van der Waals surface area contributed by atoms with Gasteiger partial charge in [0.2, 0.25) is 0 Å². The third-order valence-corrected chi connectivity index (χ3v) is 3.83. The first-order chi connectivity index (χ1) is 8.75. The molecule has 0 heterocycles. The fraction of sp³-hybridized carbons (Fsp3) is 0.647. The summed E-state index contributed by atoms with van der Waals surface area (Å²) in [4.78, 5) is 2.34. The molecule has 108 valence electrons. The molecule has 1 aromatic carbocycles. The molecule has 0 saturated carbocycles. The van der Waals surface area contributed by atoms with Crippen LogP contribution in [0.25, 0.3) is 0 Å². The van der Waals surface area contributed by atoms with E-state index in [0.717, 1.165) is 19.5 Å². The number of nitrogens with zero attached hydrogens (tertiary/aromatic N) is 1. The molecule has 0 bridgehead atoms. The highest BCUT2D eigenvalue weighted by atomic mass is 15.1. The molecule has 0 aliphatic rings. The monoisotopic (exact) mass is 262 g/mol. The van der Waals surface area contributed by atoms with Crippen LogP contribution in [0, 0.1) is 12.8 Å². The van der Waals surface area contributed by atoms with Gasteiger partial charge in [-0.25, -0.2) is 0 Å². The predicted molar refractivity (Wildman–Crippen MR) is 86.0 cm³/mol. The molecule has 2 nitrogen and oxygen atoms in total. The Bertz CT molecular complexity index is 404. The quantitative estimate of drug-likeness (QED) is 0.876. The fourth-order valence-corrected chi connectivity index (χ4v) is 2.20. The molecular formula is C17H30N2. The second-order valence-electron chi connectivity index (χ2n) is 6.80. The summed E-state index contributed by atoms with van der Waals surface area (Å²) in [6.07, 6.45) is 1.15. The van der Waals surface area contributed by atoms with Gasteiger partial charge >= 0.3 is 0 Å². The summed E-state index contributed by atoms with van der Waals surface area (Å²) >= 11 is 0. The molecule has 1 unspecified atom stereocenters. The summed E-state index contributed by atoms with van der Waals surface area (Å²) in [6, 6.07) is 6.83. The molecule has 0 aliphatic heterocycles. The van der Waals surface area contributed by atoms with Crippen molar-refractivity contribution in [2.24, 2.45) is 11.7 Å². The van der Waals surface area contributed by atoms with Crippen molar-refractivity contribution >= 4 is 5.69 Å². The van der Waals surface area contributed by atoms with Gasteiger partial charge in [-0.1, -0.05) is 39.8 Å². The van der Waals surface area contributed by atoms with Gasteiger partial charge in [0, 0.05) is 19.3 Å². The minimum atomic E-state index is 0.218. The van der Waals surface area contributed by atoms with E-state index < -0.39 is 0 Å². The van der Waals surface area contributed by atoms with Crippen LogP contribution >= 0.6 is 0 Å². The van der Waals surface area contributed by atoms with Crippen molar-refractivity contribution in [2.75, 3.05) is 25.0 Å². The minimum absolute atomic E-state index is 0.218. The van der Waals surface area contributed by atoms with E-state index in [1.807, 2.05) is 0 Å². The molecule has 0 amide bonds. The molecule has 1 atom stereocenters. The van der Waals surface area contributed by atoms with E-state index >= 15 is 0 Å². The summed E-state index contributed by atoms with van der Waals surface area (Å²) in [6.45, 7) is 13.0. The van der Waals surface area contributed by atoms with Crippen LogP contribution in [0.15, 0.2) is 18.2 Å². The SMILES string of the molecule is Cc1cc(C(C)(C)C)ccc1N(C)CCC(C)CN. The number of benzene rings is 1. The highest BCUT2D eigenvalue weighted by molar-refractivity contribution is 5.54. The first-order valence-electron chi connectivity index (χ1n) is 7.28. The van der Waals surface area contributed by atoms with Gasteiger partial charge in [0.25, 0.3) is 0 Å². The molecule has 0 aromatic heterocycles. The van der Waals surface area contributed by atoms with Gasteiger partial charge in [-0.15, -0.1) is 0 Å². The van der Waals surface area contributed by atoms with Crippen molar-refractivity contribution in [3.8, 4) is 0 Å². The van der Waals surface area contributed by atoms with E-state index in [-0.39, 0.29) is 5.41 Å². The first-order valence-corrected chi connectivity index (χ1v) is 7.28. The van der Waals surface area contributed by atoms with E-state index in [1.54, 1.807) is 0 Å². The Kier molecular flexibility index (Phi) is 5.42. The van der Waals surface area contributed by atoms with Gasteiger partial charge < -0.3 is 10.6 Å². The zero-order valence-electron chi connectivity index (χ0n) is 13.5. The number of hydrogen-bond acceptors (Lipinski definition) is 2. The summed E-state index contributed by atoms with van der Waals surface area (Å²) in [5.74, 6) is 0.594. The normalized spacial score (nSPS) is 13.4. The molecule has 0 fully saturated rings. The number of nitrogens with two attached hydrogens (primary N) is 1. The Morgan fingerprint density at radius 2 is 1.89 bits per heavy atom. The maximum atomic E-state index is 5.68. The number of rotatable bonds is 5. The van der Waals surface area contributed by atoms with E-state index in [9.17, 15) is 0 Å². The Morgan fingerprint density at radius 1 is 1.26 bits per heavy atom. The van der Waals surface area contributed by atoms with Gasteiger partial charge in [-0.3, -0.25) is 0 Å². The Hall–Kier alpha value is -1.02. The molecular weight excluding hydrogens is 232 g/mol. The summed E-state index contributed by atoms with van der Waals surface area (Å²) < 4.78 is 0. The third kappa shape index (κ3) is 4.54. The molecule has 0 spiro atoms. The Labute approximate surface area is 119 Å². The molecule has 0 radical (unpaired) electrons. The van der Waals surface area contributed by atoms with E-state index in [4.69, 9.17) is 5.73 Å². The second kappa shape index (κ2) is 6.42. The van der Waals surface area contributed by atoms with E-state index in [1.165, 1.54) is 16.8 Å². The third-order valence-electron chi connectivity index (χ3n) is 3.83. The van der Waals surface area contributed by atoms with Crippen molar-refractivity contribution in [1.29, 1.82) is 0 Å². The lowest BCUT2D eigenvalue weighted by atomic mass is 9.86. The maximum Gasteiger partial charge on any atom is 0.0393 e. The molecule has 2 N–H and O–H groups in total. The first kappa shape index (κ1) is 16.0. The molecule has 1 rings (SSSR count). The van der Waals surface area contributed by atoms with Crippen LogP contribution in [0.2, 0.25) is 0 Å². The number of hydrogen-bond donors (Lipinski definition) is 1. The Balaban J connectivity index is 2.79. The van der Waals surface area contributed by atoms with Crippen LogP contribution in [0.4, 0.5) is 5.69 Å². The van der Waals surface area contributed by atoms with Gasteiger partial charge in [0.15, 0.2) is 0 Å². The largest absolute Gasteiger partial charge is 0.374 e. The van der Waals surface area contributed by atoms with Crippen LogP contribution in [0.3, 0.4) is 0 Å². The molecule has 0 saturated heterocycles. The molecule has 0 aliphatic carbocycles. The van der Waals surface area contributed by atoms with Crippen molar-refractivity contribution < 1.29 is 0 Å². The zero-order valence-corrected chi connectivity index (χ0v) is 13.5. The minimum Gasteiger partial charge on any atom is -0.374 e. The van der Waals surface area contributed by atoms with Crippen LogP contribution < -0.4 is 10.6 Å². The summed E-state index contributed by atoms with van der Waals surface area (Å²) in [5.41, 5.74) is 9.98. The van der Waals surface area contributed by atoms with Crippen LogP contribution in [-0.2, 0) is 5.41 Å². The standard InChI is InChI=1S/C17H30N2/c1-13(12-18)9-10-19(6)16-8-7-15(11-14(16)2)17(3,4)5/h7-8,11,13H,9-10,12,18H2,1-6H3. The van der Waals surface area contributed by atoms with Gasteiger partial charge in [-0.05, 0) is 48.4 Å². The van der Waals surface area contributed by atoms with Gasteiger partial charge in [0.1, 0.15) is 0 Å². The van der Waals surface area contributed by atoms with Crippen molar-refractivity contribution in [3.05, 3.63) is 29.3 Å². The summed E-state index contributed by atoms with van der Waals surface area (Å²) in [7, 11) is 2.17. The average Bonchev–Trinajstić information content (AvgIpc) is 2.34. The smallest absolute Gasteiger partial charge is 0.0393 e. The van der Waals surface area contributed by atoms with E-state index in [2.05, 4.69) is 64.8 Å². The second-order valence-corrected chi connectivity index (χ2v) is 6.80. The lowest BCUT2D eigenvalue weighted by molar-refractivity contribution is 0.544. The lowest BCUT2D eigenvalue weighted by Gasteiger charge is -2.26. The van der Waals surface area contributed by atoms with Crippen LogP contribution in [0.1, 0.15) is 45.2 Å². The van der Waals surface area contributed by atoms with Crippen molar-refractivity contribution in [3.63, 3.8) is 0 Å². The maximum absolute atomic E-state index is 5.68. The van der Waals surface area contributed by atoms with Crippen molar-refractivity contribution in [2.45, 2.75) is 46.5 Å². The van der Waals surface area contributed by atoms with Gasteiger partial charge in [-0.2, -0.15) is 0 Å². The lowest BCUT2D eigenvalue weighted by Crippen LogP contribution is -2.24. The molecule has 2 heteroatoms. The average molecular weight is 262 g/mol. The van der Waals surface area contributed by atoms with Crippen LogP contribution in [0.5, 0.6) is 0 Å². The Morgan fingerprint density at radius 3 is 2.37 bits per heavy atom. The van der Waals surface area contributed by atoms with E-state index in [0.29, 0.717) is 5.92 Å². The summed E-state index contributed by atoms with van der Waals surface area (Å²) in [5, 5.41) is 0.